The van der Waals surface area contributed by atoms with Crippen molar-refractivity contribution >= 4 is 29.8 Å². The number of hydrogen-bond donors (Lipinski definition) is 4. The van der Waals surface area contributed by atoms with Crippen LogP contribution in [0.4, 0.5) is 0 Å². The molecule has 196 valence electrons. The topological polar surface area (TPSA) is 182 Å². The first-order chi connectivity index (χ1) is 16.1. The first-order valence-electron chi connectivity index (χ1n) is 10.7. The van der Waals surface area contributed by atoms with E-state index < -0.39 is 54.4 Å². The highest BCUT2D eigenvalue weighted by Gasteiger charge is 2.26. The second kappa shape index (κ2) is 15.4. The van der Waals surface area contributed by atoms with Crippen LogP contribution < -0.4 is 11.1 Å². The minimum atomic E-state index is -1.22. The van der Waals surface area contributed by atoms with Gasteiger partial charge in [0, 0.05) is 13.3 Å². The van der Waals surface area contributed by atoms with Gasteiger partial charge >= 0.3 is 23.9 Å². The third-order valence-corrected chi connectivity index (χ3v) is 4.30. The molecule has 0 fully saturated rings. The Bertz CT molecular complexity index is 838. The van der Waals surface area contributed by atoms with Crippen LogP contribution in [-0.2, 0) is 39.9 Å². The van der Waals surface area contributed by atoms with E-state index in [-0.39, 0.29) is 12.8 Å². The number of aliphatic carboxylic acids is 2. The lowest BCUT2D eigenvalue weighted by Crippen LogP contribution is -2.50. The lowest BCUT2D eigenvalue weighted by Gasteiger charge is -2.28. The number of nitrogens with zero attached hydrogens (tertiary/aromatic N) is 1. The van der Waals surface area contributed by atoms with Gasteiger partial charge in [0.05, 0.1) is 47.1 Å². The fourth-order valence-corrected chi connectivity index (χ4v) is 2.93. The molecule has 0 saturated heterocycles. The molecule has 0 spiro atoms. The molecule has 1 aromatic rings. The van der Waals surface area contributed by atoms with Crippen LogP contribution in [0.25, 0.3) is 0 Å². The van der Waals surface area contributed by atoms with Gasteiger partial charge in [-0.2, -0.15) is 0 Å². The molecule has 0 aliphatic rings. The molecule has 0 heterocycles. The van der Waals surface area contributed by atoms with Crippen LogP contribution in [0.3, 0.4) is 0 Å². The number of carbonyl (C=O) groups excluding carboxylic acids is 3. The van der Waals surface area contributed by atoms with Crippen LogP contribution in [0.2, 0.25) is 0 Å². The summed E-state index contributed by atoms with van der Waals surface area (Å²) in [6.07, 6.45) is -0.968. The summed E-state index contributed by atoms with van der Waals surface area (Å²) >= 11 is 0. The van der Waals surface area contributed by atoms with E-state index in [1.807, 2.05) is 39.3 Å². The zero-order chi connectivity index (χ0) is 27.2. The van der Waals surface area contributed by atoms with Crippen molar-refractivity contribution in [3.8, 4) is 0 Å². The molecule has 5 N–H and O–H groups in total. The van der Waals surface area contributed by atoms with Crippen molar-refractivity contribution in [2.75, 3.05) is 34.8 Å². The predicted molar refractivity (Wildman–Crippen MR) is 125 cm³/mol. The summed E-state index contributed by atoms with van der Waals surface area (Å²) in [6.45, 7) is 1.77. The van der Waals surface area contributed by atoms with Crippen molar-refractivity contribution in [1.82, 2.24) is 5.32 Å². The van der Waals surface area contributed by atoms with Gasteiger partial charge in [0.15, 0.2) is 6.10 Å². The average Bonchev–Trinajstić information content (AvgIpc) is 2.71. The summed E-state index contributed by atoms with van der Waals surface area (Å²) in [7, 11) is 6.96. The maximum Gasteiger partial charge on any atom is 0.328 e. The Kier molecular flexibility index (Phi) is 13.9. The summed E-state index contributed by atoms with van der Waals surface area (Å²) in [4.78, 5) is 55.2. The molecule has 0 unspecified atom stereocenters. The van der Waals surface area contributed by atoms with Crippen molar-refractivity contribution in [2.24, 2.45) is 5.73 Å². The van der Waals surface area contributed by atoms with E-state index in [9.17, 15) is 24.0 Å². The molecule has 0 aliphatic heterocycles. The van der Waals surface area contributed by atoms with E-state index in [0.29, 0.717) is 11.0 Å². The molecule has 3 atom stereocenters. The number of hydrogen-bond acceptors (Lipinski definition) is 8. The summed E-state index contributed by atoms with van der Waals surface area (Å²) in [6, 6.07) is 6.93. The summed E-state index contributed by atoms with van der Waals surface area (Å²) in [5, 5.41) is 19.6. The highest BCUT2D eigenvalue weighted by molar-refractivity contribution is 5.89. The number of carbonyl (C=O) groups is 5. The number of methoxy groups -OCH3 is 1. The van der Waals surface area contributed by atoms with Crippen LogP contribution in [0.15, 0.2) is 30.3 Å². The third-order valence-electron chi connectivity index (χ3n) is 4.30. The third kappa shape index (κ3) is 15.9. The normalized spacial score (nSPS) is 13.2. The van der Waals surface area contributed by atoms with Gasteiger partial charge in [-0.25, -0.2) is 4.79 Å². The molecule has 12 heteroatoms. The molecule has 0 saturated carbocycles. The molecule has 1 amide bonds. The number of nitrogens with two attached hydrogens (primary N) is 1. The fraction of sp³-hybridized carbons (Fsp3) is 0.522. The number of benzene rings is 1. The van der Waals surface area contributed by atoms with Crippen LogP contribution in [0.5, 0.6) is 0 Å². The maximum atomic E-state index is 11.8. The van der Waals surface area contributed by atoms with Gasteiger partial charge < -0.3 is 35.2 Å². The molecule has 0 aliphatic carbocycles. The fourth-order valence-electron chi connectivity index (χ4n) is 2.93. The number of quaternary nitrogens is 1. The zero-order valence-electron chi connectivity index (χ0n) is 20.7. The smallest absolute Gasteiger partial charge is 0.328 e. The second-order valence-electron chi connectivity index (χ2n) is 8.78. The molecule has 12 nitrogen and oxygen atoms in total. The number of esters is 2. The molecular weight excluding hydrogens is 462 g/mol. The number of rotatable bonds is 12. The summed E-state index contributed by atoms with van der Waals surface area (Å²) in [5.41, 5.74) is 6.29. The van der Waals surface area contributed by atoms with Crippen LogP contribution >= 0.6 is 0 Å². The highest BCUT2D eigenvalue weighted by atomic mass is 16.5. The van der Waals surface area contributed by atoms with E-state index in [2.05, 4.69) is 10.1 Å². The molecular formula is C23H36N3O9+. The Morgan fingerprint density at radius 3 is 1.97 bits per heavy atom. The maximum absolute atomic E-state index is 11.8. The predicted octanol–water partition coefficient (Wildman–Crippen LogP) is -0.212. The van der Waals surface area contributed by atoms with Gasteiger partial charge in [-0.05, 0) is 5.56 Å². The van der Waals surface area contributed by atoms with E-state index >= 15 is 0 Å². The van der Waals surface area contributed by atoms with Gasteiger partial charge in [0.25, 0.3) is 0 Å². The molecule has 0 bridgehead atoms. The van der Waals surface area contributed by atoms with E-state index in [0.717, 1.165) is 5.56 Å². The van der Waals surface area contributed by atoms with Gasteiger partial charge in [-0.1, -0.05) is 30.3 Å². The Morgan fingerprint density at radius 1 is 1.00 bits per heavy atom. The summed E-state index contributed by atoms with van der Waals surface area (Å²) in [5.74, 6) is -3.90. The van der Waals surface area contributed by atoms with Gasteiger partial charge in [-0.15, -0.1) is 0 Å². The Labute approximate surface area is 204 Å². The Balaban J connectivity index is 0.000000720. The quantitative estimate of drug-likeness (QED) is 0.222. The zero-order valence-corrected chi connectivity index (χ0v) is 20.7. The number of nitrogens with one attached hydrogen (secondary N) is 1. The van der Waals surface area contributed by atoms with Crippen LogP contribution in [0, 0.1) is 0 Å². The van der Waals surface area contributed by atoms with Crippen molar-refractivity contribution < 1.29 is 48.1 Å². The van der Waals surface area contributed by atoms with Crippen molar-refractivity contribution in [1.29, 1.82) is 0 Å². The van der Waals surface area contributed by atoms with Crippen molar-refractivity contribution in [3.63, 3.8) is 0 Å². The average molecular weight is 499 g/mol. The molecule has 0 radical (unpaired) electrons. The SMILES string of the molecule is CC(=O)O[C@H](CC(=O)O)C[N+](C)(C)C.COC(=O)[C@H](Cc1ccccc1)NC(=O)[C@H](N)CC(=O)O. The first-order valence-corrected chi connectivity index (χ1v) is 10.7. The standard InChI is InChI=1S/C14H18N2O5.C9H17NO4/c1-21-14(20)11(7-9-5-3-2-4-6-9)16-13(19)10(15)8-12(17)18;1-7(11)14-8(5-9(12)13)6-10(2,3)4/h2-6,10-11H,7-8,15H2,1H3,(H,16,19)(H,17,18);8H,5-6H2,1-4H3/p+1/t10-,11+;8-/m11/s1. The minimum absolute atomic E-state index is 0.144. The van der Waals surface area contributed by atoms with Gasteiger partial charge in [0.2, 0.25) is 5.91 Å². The van der Waals surface area contributed by atoms with E-state index in [4.69, 9.17) is 20.7 Å². The Hall–Kier alpha value is -3.51. The van der Waals surface area contributed by atoms with Gasteiger partial charge in [-0.3, -0.25) is 19.2 Å². The second-order valence-corrected chi connectivity index (χ2v) is 8.78. The molecule has 1 aromatic carbocycles. The van der Waals surface area contributed by atoms with Crippen molar-refractivity contribution in [3.05, 3.63) is 35.9 Å². The van der Waals surface area contributed by atoms with Crippen molar-refractivity contribution in [2.45, 2.75) is 44.4 Å². The number of carboxylic acids is 2. The summed E-state index contributed by atoms with van der Waals surface area (Å²) < 4.78 is 10.1. The Morgan fingerprint density at radius 2 is 1.54 bits per heavy atom. The monoisotopic (exact) mass is 498 g/mol. The highest BCUT2D eigenvalue weighted by Crippen LogP contribution is 2.06. The molecule has 1 rings (SSSR count). The minimum Gasteiger partial charge on any atom is -0.481 e. The first kappa shape index (κ1) is 31.5. The van der Waals surface area contributed by atoms with E-state index in [1.165, 1.54) is 14.0 Å². The van der Waals surface area contributed by atoms with Crippen LogP contribution in [-0.4, -0.2) is 97.5 Å². The number of likely N-dealkylation sites (N-methyl/N-ethyl adjacent to an activating group) is 1. The number of carboxylic acid groups (broad SMARTS) is 2. The number of amides is 1. The largest absolute Gasteiger partial charge is 0.481 e. The molecule has 0 aromatic heterocycles. The lowest BCUT2D eigenvalue weighted by molar-refractivity contribution is -0.873. The number of ether oxygens (including phenoxy) is 2. The van der Waals surface area contributed by atoms with Crippen LogP contribution in [0.1, 0.15) is 25.3 Å². The lowest BCUT2D eigenvalue weighted by atomic mass is 10.1. The van der Waals surface area contributed by atoms with E-state index in [1.54, 1.807) is 12.1 Å². The molecule has 35 heavy (non-hydrogen) atoms. The van der Waals surface area contributed by atoms with Gasteiger partial charge in [0.1, 0.15) is 12.6 Å².